The molecule has 2 aliphatic rings. The Morgan fingerprint density at radius 1 is 0.951 bits per heavy atom. The number of rotatable bonds is 17. The van der Waals surface area contributed by atoms with E-state index in [4.69, 9.17) is 9.16 Å². The molecule has 0 radical (unpaired) electrons. The zero-order valence-electron chi connectivity index (χ0n) is 26.0. The van der Waals surface area contributed by atoms with E-state index >= 15 is 0 Å². The highest BCUT2D eigenvalue weighted by Gasteiger charge is 2.52. The van der Waals surface area contributed by atoms with Crippen LogP contribution >= 0.6 is 22.7 Å². The predicted molar refractivity (Wildman–Crippen MR) is 174 cm³/mol. The number of carbonyl (C=O) groups excluding carboxylic acids is 1. The maximum atomic E-state index is 13.5. The number of hydrogen-bond acceptors (Lipinski definition) is 7. The highest BCUT2D eigenvalue weighted by molar-refractivity contribution is 7.12. The first kappa shape index (κ1) is 32.9. The molecule has 4 atom stereocenters. The molecule has 0 aliphatic heterocycles. The summed E-state index contributed by atoms with van der Waals surface area (Å²) in [6.45, 7) is 13.6. The van der Waals surface area contributed by atoms with Gasteiger partial charge in [-0.25, -0.2) is 4.79 Å². The fourth-order valence-corrected chi connectivity index (χ4v) is 9.14. The molecule has 2 aliphatic carbocycles. The van der Waals surface area contributed by atoms with Gasteiger partial charge in [-0.05, 0) is 85.6 Å². The molecule has 2 bridgehead atoms. The van der Waals surface area contributed by atoms with Crippen molar-refractivity contribution in [1.29, 1.82) is 0 Å². The summed E-state index contributed by atoms with van der Waals surface area (Å²) in [5.74, 6) is 0.386. The normalized spacial score (nSPS) is 22.9. The molecule has 5 nitrogen and oxygen atoms in total. The van der Waals surface area contributed by atoms with Crippen LogP contribution in [0, 0.1) is 11.8 Å². The summed E-state index contributed by atoms with van der Waals surface area (Å²) < 4.78 is 12.4. The lowest BCUT2D eigenvalue weighted by Gasteiger charge is -2.36. The van der Waals surface area contributed by atoms with E-state index in [9.17, 15) is 9.90 Å². The summed E-state index contributed by atoms with van der Waals surface area (Å²) in [6, 6.07) is 7.82. The summed E-state index contributed by atoms with van der Waals surface area (Å²) >= 11 is 2.79. The minimum atomic E-state index is -1.72. The minimum absolute atomic E-state index is 0.113. The molecule has 4 rings (SSSR count). The lowest BCUT2D eigenvalue weighted by atomic mass is 9.96. The molecule has 230 valence electrons. The van der Waals surface area contributed by atoms with Crippen LogP contribution in [0.4, 0.5) is 0 Å². The van der Waals surface area contributed by atoms with E-state index in [-0.39, 0.29) is 6.10 Å². The number of nitrogens with one attached hydrogen (secondary N) is 1. The van der Waals surface area contributed by atoms with Crippen molar-refractivity contribution in [3.63, 3.8) is 0 Å². The van der Waals surface area contributed by atoms with Gasteiger partial charge >= 0.3 is 5.97 Å². The number of unbranched alkanes of at least 4 members (excludes halogenated alkanes) is 7. The number of hydrogen-bond donors (Lipinski definition) is 2. The van der Waals surface area contributed by atoms with Crippen LogP contribution in [0.15, 0.2) is 35.0 Å². The number of fused-ring (bicyclic) bond motifs is 2. The fourth-order valence-electron chi connectivity index (χ4n) is 6.34. The van der Waals surface area contributed by atoms with Gasteiger partial charge in [-0.3, -0.25) is 0 Å². The molecule has 2 fully saturated rings. The molecule has 0 saturated heterocycles. The predicted octanol–water partition coefficient (Wildman–Crippen LogP) is 8.49. The number of esters is 1. The van der Waals surface area contributed by atoms with Crippen LogP contribution in [-0.4, -0.2) is 44.7 Å². The Balaban J connectivity index is 1.10. The fraction of sp³-hybridized carbons (Fsp3) is 0.727. The smallest absolute Gasteiger partial charge is 0.349 e. The molecular weight excluding hydrogens is 567 g/mol. The summed E-state index contributed by atoms with van der Waals surface area (Å²) in [4.78, 5) is 14.7. The first-order valence-electron chi connectivity index (χ1n) is 15.9. The second-order valence-electron chi connectivity index (χ2n) is 13.8. The van der Waals surface area contributed by atoms with Crippen molar-refractivity contribution in [2.24, 2.45) is 11.8 Å². The molecule has 41 heavy (non-hydrogen) atoms. The largest absolute Gasteiger partial charge is 0.459 e. The van der Waals surface area contributed by atoms with Crippen molar-refractivity contribution in [1.82, 2.24) is 5.32 Å². The Morgan fingerprint density at radius 2 is 1.54 bits per heavy atom. The van der Waals surface area contributed by atoms with Gasteiger partial charge in [0, 0.05) is 18.6 Å². The Labute approximate surface area is 257 Å². The number of ether oxygens (including phenoxy) is 1. The standard InChI is InChI=1S/C33H53NO4S2Si/c1-32(2,3)41(4,5)37-21-13-11-9-7-6-8-10-12-20-34-30-25-18-19-26(30)27(24-25)38-31(35)33(36,28-16-14-22-39-28)29-17-15-23-40-29/h14-17,22-23,25-27,30,34,36H,6-13,18-21,24H2,1-5H3. The maximum absolute atomic E-state index is 13.5. The molecular formula is C33H53NO4S2Si. The third-order valence-electron chi connectivity index (χ3n) is 9.88. The summed E-state index contributed by atoms with van der Waals surface area (Å²) in [7, 11) is -1.59. The van der Waals surface area contributed by atoms with Crippen molar-refractivity contribution in [2.75, 3.05) is 13.2 Å². The highest BCUT2D eigenvalue weighted by atomic mass is 32.1. The Morgan fingerprint density at radius 3 is 2.10 bits per heavy atom. The SMILES string of the molecule is CC(C)(C)[Si](C)(C)OCCCCCCCCCCNC1C2CCC1C(OC(=O)C(O)(c1cccs1)c1cccs1)C2. The van der Waals surface area contributed by atoms with Crippen LogP contribution in [-0.2, 0) is 19.6 Å². The quantitative estimate of drug-likeness (QED) is 0.106. The van der Waals surface area contributed by atoms with Gasteiger partial charge < -0.3 is 19.6 Å². The molecule has 2 heterocycles. The van der Waals surface area contributed by atoms with Crippen molar-refractivity contribution in [3.8, 4) is 0 Å². The van der Waals surface area contributed by atoms with E-state index in [0.717, 1.165) is 26.0 Å². The van der Waals surface area contributed by atoms with E-state index in [2.05, 4.69) is 39.2 Å². The van der Waals surface area contributed by atoms with Gasteiger partial charge in [-0.2, -0.15) is 0 Å². The van der Waals surface area contributed by atoms with Crippen molar-refractivity contribution >= 4 is 37.0 Å². The molecule has 2 N–H and O–H groups in total. The average molecular weight is 620 g/mol. The Bertz CT molecular complexity index is 1020. The van der Waals surface area contributed by atoms with Crippen molar-refractivity contribution in [3.05, 3.63) is 44.8 Å². The zero-order chi connectivity index (χ0) is 29.5. The van der Waals surface area contributed by atoms with E-state index in [1.165, 1.54) is 80.5 Å². The topological polar surface area (TPSA) is 67.8 Å². The summed E-state index contributed by atoms with van der Waals surface area (Å²) in [6.07, 6.45) is 13.3. The molecule has 2 saturated carbocycles. The van der Waals surface area contributed by atoms with Gasteiger partial charge in [-0.15, -0.1) is 22.7 Å². The van der Waals surface area contributed by atoms with E-state index in [0.29, 0.717) is 32.7 Å². The highest BCUT2D eigenvalue weighted by Crippen LogP contribution is 2.47. The van der Waals surface area contributed by atoms with Gasteiger partial charge in [-0.1, -0.05) is 71.4 Å². The minimum Gasteiger partial charge on any atom is -0.459 e. The number of thiophene rings is 2. The molecule has 0 aromatic carbocycles. The van der Waals surface area contributed by atoms with Crippen LogP contribution in [0.1, 0.15) is 101 Å². The number of carbonyl (C=O) groups is 1. The van der Waals surface area contributed by atoms with Crippen molar-refractivity contribution in [2.45, 2.75) is 127 Å². The van der Waals surface area contributed by atoms with Gasteiger partial charge in [0.05, 0.1) is 9.75 Å². The molecule has 4 unspecified atom stereocenters. The van der Waals surface area contributed by atoms with Crippen LogP contribution in [0.3, 0.4) is 0 Å². The van der Waals surface area contributed by atoms with Crippen molar-refractivity contribution < 1.29 is 19.1 Å². The van der Waals surface area contributed by atoms with Crippen LogP contribution in [0.2, 0.25) is 18.1 Å². The molecule has 0 spiro atoms. The first-order chi connectivity index (χ1) is 19.5. The van der Waals surface area contributed by atoms with Gasteiger partial charge in [0.1, 0.15) is 6.10 Å². The molecule has 2 aromatic heterocycles. The van der Waals surface area contributed by atoms with Gasteiger partial charge in [0.25, 0.3) is 0 Å². The molecule has 2 aromatic rings. The van der Waals surface area contributed by atoms with Crippen LogP contribution < -0.4 is 5.32 Å². The molecule has 8 heteroatoms. The summed E-state index contributed by atoms with van der Waals surface area (Å²) in [5, 5.41) is 19.5. The molecule has 0 amide bonds. The van der Waals surface area contributed by atoms with E-state index in [1.807, 2.05) is 35.0 Å². The third kappa shape index (κ3) is 8.12. The maximum Gasteiger partial charge on any atom is 0.349 e. The van der Waals surface area contributed by atoms with Crippen LogP contribution in [0.5, 0.6) is 0 Å². The lowest BCUT2D eigenvalue weighted by molar-refractivity contribution is -0.169. The van der Waals surface area contributed by atoms with Crippen LogP contribution in [0.25, 0.3) is 0 Å². The third-order valence-corrected chi connectivity index (χ3v) is 16.4. The van der Waals surface area contributed by atoms with Gasteiger partial charge in [0.15, 0.2) is 8.32 Å². The Kier molecular flexibility index (Phi) is 11.7. The average Bonchev–Trinajstić information content (AvgIpc) is 3.74. The zero-order valence-corrected chi connectivity index (χ0v) is 28.6. The lowest BCUT2D eigenvalue weighted by Crippen LogP contribution is -2.41. The number of aliphatic hydroxyl groups is 1. The second kappa shape index (κ2) is 14.6. The second-order valence-corrected chi connectivity index (χ2v) is 20.5. The van der Waals surface area contributed by atoms with E-state index < -0.39 is 19.9 Å². The monoisotopic (exact) mass is 619 g/mol. The summed E-state index contributed by atoms with van der Waals surface area (Å²) in [5.41, 5.74) is -1.72. The van der Waals surface area contributed by atoms with E-state index in [1.54, 1.807) is 0 Å². The van der Waals surface area contributed by atoms with Gasteiger partial charge in [0.2, 0.25) is 5.60 Å². The first-order valence-corrected chi connectivity index (χ1v) is 20.6. The Hall–Kier alpha value is -1.03.